The summed E-state index contributed by atoms with van der Waals surface area (Å²) in [6.07, 6.45) is 1.05. The minimum Gasteiger partial charge on any atom is -0.275 e. The van der Waals surface area contributed by atoms with Gasteiger partial charge in [0.05, 0.1) is 0 Å². The summed E-state index contributed by atoms with van der Waals surface area (Å²) in [5.41, 5.74) is 0.534. The molecule has 1 rings (SSSR count). The van der Waals surface area contributed by atoms with Crippen LogP contribution in [0.4, 0.5) is 8.78 Å². The molecule has 0 saturated carbocycles. The number of rotatable bonds is 3. The lowest BCUT2D eigenvalue weighted by atomic mass is 10.3. The van der Waals surface area contributed by atoms with Gasteiger partial charge in [0.1, 0.15) is 5.69 Å². The maximum absolute atomic E-state index is 12.3. The van der Waals surface area contributed by atoms with Gasteiger partial charge < -0.3 is 0 Å². The molecule has 68 valence electrons. The summed E-state index contributed by atoms with van der Waals surface area (Å²) >= 11 is 1.51. The van der Waals surface area contributed by atoms with Crippen LogP contribution >= 0.6 is 11.8 Å². The number of halogens is 2. The quantitative estimate of drug-likeness (QED) is 0.730. The predicted octanol–water partition coefficient (Wildman–Crippen LogP) is 2.22. The van der Waals surface area contributed by atoms with Crippen LogP contribution in [0.1, 0.15) is 17.7 Å². The highest BCUT2D eigenvalue weighted by Crippen LogP contribution is 2.23. The van der Waals surface area contributed by atoms with E-state index in [1.54, 1.807) is 13.2 Å². The van der Waals surface area contributed by atoms with Crippen molar-refractivity contribution in [1.82, 2.24) is 9.78 Å². The van der Waals surface area contributed by atoms with Crippen LogP contribution in [0.3, 0.4) is 0 Å². The SMILES string of the molecule is CSCc1cn(C)nc1C(F)F. The van der Waals surface area contributed by atoms with E-state index in [-0.39, 0.29) is 5.69 Å². The van der Waals surface area contributed by atoms with Crippen molar-refractivity contribution in [3.05, 3.63) is 17.5 Å². The van der Waals surface area contributed by atoms with Crippen LogP contribution in [0.2, 0.25) is 0 Å². The molecule has 0 N–H and O–H groups in total. The van der Waals surface area contributed by atoms with Gasteiger partial charge in [0, 0.05) is 24.6 Å². The molecule has 1 heterocycles. The van der Waals surface area contributed by atoms with Crippen LogP contribution in [0.25, 0.3) is 0 Å². The molecule has 0 aliphatic carbocycles. The van der Waals surface area contributed by atoms with Gasteiger partial charge in [-0.3, -0.25) is 4.68 Å². The first-order valence-electron chi connectivity index (χ1n) is 3.44. The van der Waals surface area contributed by atoms with Crippen LogP contribution in [0.15, 0.2) is 6.20 Å². The predicted molar refractivity (Wildman–Crippen MR) is 45.4 cm³/mol. The highest BCUT2D eigenvalue weighted by atomic mass is 32.2. The van der Waals surface area contributed by atoms with E-state index in [4.69, 9.17) is 0 Å². The first-order valence-corrected chi connectivity index (χ1v) is 4.84. The largest absolute Gasteiger partial charge is 0.282 e. The molecule has 1 aromatic rings. The summed E-state index contributed by atoms with van der Waals surface area (Å²) in [6, 6.07) is 0. The van der Waals surface area contributed by atoms with Crippen molar-refractivity contribution >= 4 is 11.8 Å². The number of aryl methyl sites for hydroxylation is 1. The van der Waals surface area contributed by atoms with Crippen LogP contribution in [0, 0.1) is 0 Å². The fourth-order valence-corrected chi connectivity index (χ4v) is 1.54. The molecule has 0 unspecified atom stereocenters. The molecule has 0 saturated heterocycles. The average molecular weight is 192 g/mol. The van der Waals surface area contributed by atoms with Crippen LogP contribution in [-0.4, -0.2) is 16.0 Å². The van der Waals surface area contributed by atoms with Gasteiger partial charge in [0.2, 0.25) is 0 Å². The van der Waals surface area contributed by atoms with Crippen molar-refractivity contribution in [1.29, 1.82) is 0 Å². The third-order valence-corrected chi connectivity index (χ3v) is 2.04. The second-order valence-electron chi connectivity index (χ2n) is 2.45. The second kappa shape index (κ2) is 3.89. The van der Waals surface area contributed by atoms with Crippen molar-refractivity contribution in [2.75, 3.05) is 6.26 Å². The monoisotopic (exact) mass is 192 g/mol. The Labute approximate surface area is 74.0 Å². The summed E-state index contributed by atoms with van der Waals surface area (Å²) in [5.74, 6) is 0.591. The van der Waals surface area contributed by atoms with Crippen molar-refractivity contribution in [3.63, 3.8) is 0 Å². The van der Waals surface area contributed by atoms with Crippen LogP contribution < -0.4 is 0 Å². The summed E-state index contributed by atoms with van der Waals surface area (Å²) < 4.78 is 26.0. The van der Waals surface area contributed by atoms with Gasteiger partial charge in [-0.2, -0.15) is 16.9 Å². The smallest absolute Gasteiger partial charge is 0.275 e. The van der Waals surface area contributed by atoms with Crippen LogP contribution in [-0.2, 0) is 12.8 Å². The van der Waals surface area contributed by atoms with Crippen molar-refractivity contribution in [2.45, 2.75) is 12.2 Å². The van der Waals surface area contributed by atoms with Crippen molar-refractivity contribution < 1.29 is 8.78 Å². The number of alkyl halides is 2. The lowest BCUT2D eigenvalue weighted by molar-refractivity contribution is 0.144. The van der Waals surface area contributed by atoms with E-state index < -0.39 is 6.43 Å². The second-order valence-corrected chi connectivity index (χ2v) is 3.31. The maximum Gasteiger partial charge on any atom is 0.282 e. The Morgan fingerprint density at radius 2 is 2.33 bits per heavy atom. The zero-order valence-corrected chi connectivity index (χ0v) is 7.74. The van der Waals surface area contributed by atoms with Gasteiger partial charge in [0.15, 0.2) is 0 Å². The summed E-state index contributed by atoms with van der Waals surface area (Å²) in [5, 5.41) is 3.68. The summed E-state index contributed by atoms with van der Waals surface area (Å²) in [7, 11) is 1.65. The zero-order chi connectivity index (χ0) is 9.14. The lowest BCUT2D eigenvalue weighted by Crippen LogP contribution is -1.92. The summed E-state index contributed by atoms with van der Waals surface area (Å²) in [4.78, 5) is 0. The molecule has 2 nitrogen and oxygen atoms in total. The topological polar surface area (TPSA) is 17.8 Å². The number of hydrogen-bond acceptors (Lipinski definition) is 2. The zero-order valence-electron chi connectivity index (χ0n) is 6.92. The van der Waals surface area contributed by atoms with E-state index in [1.807, 2.05) is 6.26 Å². The fraction of sp³-hybridized carbons (Fsp3) is 0.571. The number of thioether (sulfide) groups is 1. The Balaban J connectivity index is 2.92. The van der Waals surface area contributed by atoms with Gasteiger partial charge in [0.25, 0.3) is 6.43 Å². The normalized spacial score (nSPS) is 11.1. The molecule has 0 atom stereocenters. The Morgan fingerprint density at radius 1 is 1.67 bits per heavy atom. The standard InChI is InChI=1S/C7H10F2N2S/c1-11-3-5(4-12-2)6(10-11)7(8)9/h3,7H,4H2,1-2H3. The number of aromatic nitrogens is 2. The molecule has 12 heavy (non-hydrogen) atoms. The molecule has 0 bridgehead atoms. The van der Waals surface area contributed by atoms with E-state index in [2.05, 4.69) is 5.10 Å². The van der Waals surface area contributed by atoms with Gasteiger partial charge in [-0.15, -0.1) is 0 Å². The van der Waals surface area contributed by atoms with E-state index in [0.29, 0.717) is 11.3 Å². The highest BCUT2D eigenvalue weighted by molar-refractivity contribution is 7.97. The third-order valence-electron chi connectivity index (χ3n) is 1.44. The molecule has 0 spiro atoms. The van der Waals surface area contributed by atoms with Crippen molar-refractivity contribution in [3.8, 4) is 0 Å². The average Bonchev–Trinajstić information content (AvgIpc) is 2.32. The molecule has 0 aliphatic rings. The molecule has 0 aliphatic heterocycles. The van der Waals surface area contributed by atoms with Gasteiger partial charge >= 0.3 is 0 Å². The molecule has 0 radical (unpaired) electrons. The lowest BCUT2D eigenvalue weighted by Gasteiger charge is -1.96. The maximum atomic E-state index is 12.3. The van der Waals surface area contributed by atoms with E-state index >= 15 is 0 Å². The number of hydrogen-bond donors (Lipinski definition) is 0. The molecule has 1 aromatic heterocycles. The Morgan fingerprint density at radius 3 is 2.83 bits per heavy atom. The Hall–Kier alpha value is -0.580. The Bertz CT molecular complexity index is 260. The minimum atomic E-state index is -2.46. The van der Waals surface area contributed by atoms with Crippen molar-refractivity contribution in [2.24, 2.45) is 7.05 Å². The number of nitrogens with zero attached hydrogens (tertiary/aromatic N) is 2. The molecular formula is C7H10F2N2S. The molecular weight excluding hydrogens is 182 g/mol. The van der Waals surface area contributed by atoms with E-state index in [9.17, 15) is 8.78 Å². The van der Waals surface area contributed by atoms with E-state index in [0.717, 1.165) is 0 Å². The molecule has 0 fully saturated rings. The molecule has 0 aromatic carbocycles. The van der Waals surface area contributed by atoms with Gasteiger partial charge in [-0.1, -0.05) is 0 Å². The highest BCUT2D eigenvalue weighted by Gasteiger charge is 2.16. The molecule has 5 heteroatoms. The van der Waals surface area contributed by atoms with Gasteiger partial charge in [-0.25, -0.2) is 8.78 Å². The minimum absolute atomic E-state index is 0.0909. The fourth-order valence-electron chi connectivity index (χ4n) is 1.01. The third kappa shape index (κ3) is 1.97. The summed E-state index contributed by atoms with van der Waals surface area (Å²) in [6.45, 7) is 0. The molecule has 0 amide bonds. The Kier molecular flexibility index (Phi) is 3.08. The first-order chi connectivity index (χ1) is 5.65. The van der Waals surface area contributed by atoms with Gasteiger partial charge in [-0.05, 0) is 6.26 Å². The van der Waals surface area contributed by atoms with Crippen LogP contribution in [0.5, 0.6) is 0 Å². The van der Waals surface area contributed by atoms with E-state index in [1.165, 1.54) is 16.4 Å². The first kappa shape index (κ1) is 9.51.